The average Bonchev–Trinajstić information content (AvgIpc) is 3.13. The van der Waals surface area contributed by atoms with E-state index in [0.717, 1.165) is 47.0 Å². The molecule has 5 nitrogen and oxygen atoms in total. The quantitative estimate of drug-likeness (QED) is 0.665. The minimum absolute atomic E-state index is 0.0627. The van der Waals surface area contributed by atoms with Crippen LogP contribution in [0.15, 0.2) is 57.8 Å². The topological polar surface area (TPSA) is 58.4 Å². The average molecular weight is 367 g/mol. The Kier molecular flexibility index (Phi) is 4.84. The van der Waals surface area contributed by atoms with Gasteiger partial charge >= 0.3 is 6.03 Å². The molecule has 1 saturated heterocycles. The number of para-hydroxylation sites is 3. The summed E-state index contributed by atoms with van der Waals surface area (Å²) in [5.41, 5.74) is 2.53. The summed E-state index contributed by atoms with van der Waals surface area (Å²) < 4.78 is 5.92. The van der Waals surface area contributed by atoms with Crippen molar-refractivity contribution in [3.05, 3.63) is 54.4 Å². The number of aromatic nitrogens is 1. The molecule has 2 amide bonds. The Labute approximate surface area is 156 Å². The SMILES string of the molecule is CSc1ccccc1NC(=O)N1CCCC(c2nc3ccccc3o2)C1. The predicted molar refractivity (Wildman–Crippen MR) is 105 cm³/mol. The van der Waals surface area contributed by atoms with Crippen molar-refractivity contribution >= 4 is 34.6 Å². The highest BCUT2D eigenvalue weighted by Crippen LogP contribution is 2.30. The molecule has 2 heterocycles. The van der Waals surface area contributed by atoms with Crippen LogP contribution in [0.1, 0.15) is 24.7 Å². The molecule has 1 atom stereocenters. The molecule has 134 valence electrons. The number of urea groups is 1. The van der Waals surface area contributed by atoms with Crippen LogP contribution in [0.4, 0.5) is 10.5 Å². The van der Waals surface area contributed by atoms with Crippen molar-refractivity contribution in [3.63, 3.8) is 0 Å². The number of amides is 2. The van der Waals surface area contributed by atoms with Crippen molar-refractivity contribution in [2.24, 2.45) is 0 Å². The smallest absolute Gasteiger partial charge is 0.321 e. The maximum atomic E-state index is 12.7. The number of carbonyl (C=O) groups is 1. The van der Waals surface area contributed by atoms with Crippen molar-refractivity contribution in [1.82, 2.24) is 9.88 Å². The molecule has 2 aromatic carbocycles. The van der Waals surface area contributed by atoms with E-state index in [9.17, 15) is 4.79 Å². The number of anilines is 1. The highest BCUT2D eigenvalue weighted by molar-refractivity contribution is 7.98. The lowest BCUT2D eigenvalue weighted by atomic mass is 9.98. The third-order valence-corrected chi connectivity index (χ3v) is 5.51. The van der Waals surface area contributed by atoms with E-state index in [0.29, 0.717) is 6.54 Å². The molecular weight excluding hydrogens is 346 g/mol. The zero-order valence-corrected chi connectivity index (χ0v) is 15.5. The van der Waals surface area contributed by atoms with Gasteiger partial charge in [0.2, 0.25) is 0 Å². The summed E-state index contributed by atoms with van der Waals surface area (Å²) in [5, 5.41) is 3.04. The summed E-state index contributed by atoms with van der Waals surface area (Å²) in [5.74, 6) is 0.867. The number of nitrogens with one attached hydrogen (secondary N) is 1. The Hall–Kier alpha value is -2.47. The molecule has 1 fully saturated rings. The lowest BCUT2D eigenvalue weighted by Crippen LogP contribution is -2.41. The number of benzene rings is 2. The van der Waals surface area contributed by atoms with Gasteiger partial charge in [0.1, 0.15) is 5.52 Å². The van der Waals surface area contributed by atoms with Crippen molar-refractivity contribution in [1.29, 1.82) is 0 Å². The summed E-state index contributed by atoms with van der Waals surface area (Å²) in [7, 11) is 0. The summed E-state index contributed by atoms with van der Waals surface area (Å²) in [6.07, 6.45) is 3.94. The number of rotatable bonds is 3. The number of fused-ring (bicyclic) bond motifs is 1. The van der Waals surface area contributed by atoms with E-state index in [2.05, 4.69) is 10.3 Å². The molecule has 1 aromatic heterocycles. The fourth-order valence-corrected chi connectivity index (χ4v) is 3.92. The minimum Gasteiger partial charge on any atom is -0.440 e. The second-order valence-electron chi connectivity index (χ2n) is 6.44. The Bertz CT molecular complexity index is 891. The van der Waals surface area contributed by atoms with E-state index in [-0.39, 0.29) is 11.9 Å². The molecule has 0 bridgehead atoms. The number of piperidine rings is 1. The van der Waals surface area contributed by atoms with Gasteiger partial charge in [-0.1, -0.05) is 24.3 Å². The maximum Gasteiger partial charge on any atom is 0.321 e. The Balaban J connectivity index is 1.48. The van der Waals surface area contributed by atoms with Gasteiger partial charge in [-0.05, 0) is 43.4 Å². The van der Waals surface area contributed by atoms with Crippen LogP contribution < -0.4 is 5.32 Å². The largest absolute Gasteiger partial charge is 0.440 e. The second kappa shape index (κ2) is 7.41. The van der Waals surface area contributed by atoms with Crippen LogP contribution in [0, 0.1) is 0 Å². The number of nitrogens with zero attached hydrogens (tertiary/aromatic N) is 2. The van der Waals surface area contributed by atoms with Crippen LogP contribution in [0.3, 0.4) is 0 Å². The second-order valence-corrected chi connectivity index (χ2v) is 7.28. The standard InChI is InChI=1S/C20H21N3O2S/c1-26-18-11-5-3-9-16(18)22-20(24)23-12-6-7-14(13-23)19-21-15-8-2-4-10-17(15)25-19/h2-5,8-11,14H,6-7,12-13H2,1H3,(H,22,24). The van der Waals surface area contributed by atoms with Crippen molar-refractivity contribution < 1.29 is 9.21 Å². The molecule has 1 aliphatic heterocycles. The minimum atomic E-state index is -0.0627. The summed E-state index contributed by atoms with van der Waals surface area (Å²) in [6, 6.07) is 15.6. The molecule has 0 radical (unpaired) electrons. The van der Waals surface area contributed by atoms with Gasteiger partial charge in [-0.2, -0.15) is 0 Å². The number of likely N-dealkylation sites (tertiary alicyclic amines) is 1. The van der Waals surface area contributed by atoms with Gasteiger partial charge in [0.05, 0.1) is 11.6 Å². The summed E-state index contributed by atoms with van der Waals surface area (Å²) >= 11 is 1.63. The van der Waals surface area contributed by atoms with Crippen LogP contribution in [-0.4, -0.2) is 35.3 Å². The van der Waals surface area contributed by atoms with Gasteiger partial charge < -0.3 is 14.6 Å². The van der Waals surface area contributed by atoms with Crippen LogP contribution in [0.25, 0.3) is 11.1 Å². The van der Waals surface area contributed by atoms with Crippen molar-refractivity contribution in [2.75, 3.05) is 24.7 Å². The van der Waals surface area contributed by atoms with Gasteiger partial charge in [-0.15, -0.1) is 11.8 Å². The number of thioether (sulfide) groups is 1. The van der Waals surface area contributed by atoms with Gasteiger partial charge in [0.15, 0.2) is 11.5 Å². The van der Waals surface area contributed by atoms with Crippen molar-refractivity contribution in [2.45, 2.75) is 23.7 Å². The molecule has 3 aromatic rings. The van der Waals surface area contributed by atoms with Gasteiger partial charge in [-0.3, -0.25) is 0 Å². The van der Waals surface area contributed by atoms with Crippen LogP contribution >= 0.6 is 11.8 Å². The highest BCUT2D eigenvalue weighted by Gasteiger charge is 2.28. The van der Waals surface area contributed by atoms with E-state index >= 15 is 0 Å². The maximum absolute atomic E-state index is 12.7. The number of hydrogen-bond acceptors (Lipinski definition) is 4. The van der Waals surface area contributed by atoms with E-state index in [4.69, 9.17) is 4.42 Å². The lowest BCUT2D eigenvalue weighted by Gasteiger charge is -2.31. The van der Waals surface area contributed by atoms with Crippen LogP contribution in [-0.2, 0) is 0 Å². The van der Waals surface area contributed by atoms with Crippen molar-refractivity contribution in [3.8, 4) is 0 Å². The molecule has 4 rings (SSSR count). The molecule has 1 unspecified atom stereocenters. The first-order valence-corrected chi connectivity index (χ1v) is 10.0. The van der Waals surface area contributed by atoms with E-state index in [1.807, 2.05) is 59.7 Å². The number of carbonyl (C=O) groups excluding carboxylic acids is 1. The van der Waals surface area contributed by atoms with Crippen LogP contribution in [0.5, 0.6) is 0 Å². The predicted octanol–water partition coefficient (Wildman–Crippen LogP) is 4.96. The Morgan fingerprint density at radius 2 is 2.04 bits per heavy atom. The van der Waals surface area contributed by atoms with E-state index in [1.54, 1.807) is 11.8 Å². The monoisotopic (exact) mass is 367 g/mol. The Morgan fingerprint density at radius 3 is 2.88 bits per heavy atom. The highest BCUT2D eigenvalue weighted by atomic mass is 32.2. The van der Waals surface area contributed by atoms with E-state index < -0.39 is 0 Å². The molecule has 0 saturated carbocycles. The van der Waals surface area contributed by atoms with Gasteiger partial charge in [-0.25, -0.2) is 9.78 Å². The first-order chi connectivity index (χ1) is 12.7. The first-order valence-electron chi connectivity index (χ1n) is 8.79. The fraction of sp³-hybridized carbons (Fsp3) is 0.300. The van der Waals surface area contributed by atoms with E-state index in [1.165, 1.54) is 0 Å². The molecular formula is C20H21N3O2S. The Morgan fingerprint density at radius 1 is 1.23 bits per heavy atom. The normalized spacial score (nSPS) is 17.4. The molecule has 0 spiro atoms. The molecule has 26 heavy (non-hydrogen) atoms. The molecule has 6 heteroatoms. The third kappa shape index (κ3) is 3.42. The van der Waals surface area contributed by atoms with Crippen LogP contribution in [0.2, 0.25) is 0 Å². The summed E-state index contributed by atoms with van der Waals surface area (Å²) in [4.78, 5) is 20.3. The van der Waals surface area contributed by atoms with Gasteiger partial charge in [0.25, 0.3) is 0 Å². The first kappa shape index (κ1) is 17.0. The number of oxazole rings is 1. The molecule has 1 N–H and O–H groups in total. The lowest BCUT2D eigenvalue weighted by molar-refractivity contribution is 0.187. The van der Waals surface area contributed by atoms with Gasteiger partial charge in [0, 0.05) is 18.0 Å². The fourth-order valence-electron chi connectivity index (χ4n) is 3.37. The molecule has 1 aliphatic rings. The zero-order valence-electron chi connectivity index (χ0n) is 14.6. The molecule has 0 aliphatic carbocycles. The zero-order chi connectivity index (χ0) is 17.9. The summed E-state index contributed by atoms with van der Waals surface area (Å²) in [6.45, 7) is 1.38. The number of hydrogen-bond donors (Lipinski definition) is 1. The third-order valence-electron chi connectivity index (χ3n) is 4.72.